The number of hydrogen-bond donors (Lipinski definition) is 2. The molecule has 0 spiro atoms. The molecule has 0 radical (unpaired) electrons. The van der Waals surface area contributed by atoms with Gasteiger partial charge in [0.25, 0.3) is 5.91 Å². The Morgan fingerprint density at radius 2 is 1.90 bits per heavy atom. The molecule has 1 aromatic heterocycles. The number of carbonyl (C=O) groups excluding carboxylic acids is 1. The van der Waals surface area contributed by atoms with Crippen LogP contribution in [0.2, 0.25) is 0 Å². The van der Waals surface area contributed by atoms with E-state index >= 15 is 0 Å². The number of carbonyl (C=O) groups is 1. The molecule has 6 nitrogen and oxygen atoms in total. The van der Waals surface area contributed by atoms with Crippen LogP contribution < -0.4 is 14.8 Å². The first-order valence-electron chi connectivity index (χ1n) is 9.50. The molecule has 0 aliphatic carbocycles. The summed E-state index contributed by atoms with van der Waals surface area (Å²) in [5.41, 5.74) is 1.80. The minimum absolute atomic E-state index is 0.120. The molecule has 2 N–H and O–H groups in total. The van der Waals surface area contributed by atoms with Gasteiger partial charge in [0.2, 0.25) is 0 Å². The van der Waals surface area contributed by atoms with Gasteiger partial charge >= 0.3 is 0 Å². The predicted octanol–water partition coefficient (Wildman–Crippen LogP) is 4.88. The fourth-order valence-electron chi connectivity index (χ4n) is 2.77. The topological polar surface area (TPSA) is 80.9 Å². The van der Waals surface area contributed by atoms with Gasteiger partial charge in [0.05, 0.1) is 18.9 Å². The molecule has 0 fully saturated rings. The molecular formula is C23H25NO5. The van der Waals surface area contributed by atoms with Crippen molar-refractivity contribution in [2.75, 3.05) is 12.4 Å². The van der Waals surface area contributed by atoms with Crippen LogP contribution in [0.3, 0.4) is 0 Å². The van der Waals surface area contributed by atoms with Crippen LogP contribution in [0, 0.1) is 0 Å². The van der Waals surface area contributed by atoms with Crippen molar-refractivity contribution in [1.29, 1.82) is 0 Å². The van der Waals surface area contributed by atoms with E-state index in [1.54, 1.807) is 55.6 Å². The van der Waals surface area contributed by atoms with E-state index in [-0.39, 0.29) is 18.6 Å². The van der Waals surface area contributed by atoms with Crippen molar-refractivity contribution in [2.24, 2.45) is 0 Å². The lowest BCUT2D eigenvalue weighted by Crippen LogP contribution is -2.13. The Hall–Kier alpha value is -3.25. The van der Waals surface area contributed by atoms with Gasteiger partial charge in [0.1, 0.15) is 29.6 Å². The van der Waals surface area contributed by atoms with Gasteiger partial charge in [-0.1, -0.05) is 6.92 Å². The summed E-state index contributed by atoms with van der Waals surface area (Å²) in [6.45, 7) is 3.89. The van der Waals surface area contributed by atoms with Crippen LogP contribution in [0.25, 0.3) is 11.3 Å². The van der Waals surface area contributed by atoms with E-state index in [1.807, 2.05) is 13.0 Å². The number of benzene rings is 2. The third-order valence-corrected chi connectivity index (χ3v) is 4.58. The Bertz CT molecular complexity index is 962. The molecular weight excluding hydrogens is 370 g/mol. The molecule has 0 bridgehead atoms. The zero-order valence-corrected chi connectivity index (χ0v) is 16.8. The lowest BCUT2D eigenvalue weighted by Gasteiger charge is -2.14. The Morgan fingerprint density at radius 3 is 2.52 bits per heavy atom. The minimum atomic E-state index is -0.258. The second kappa shape index (κ2) is 9.30. The highest BCUT2D eigenvalue weighted by molar-refractivity contribution is 6.05. The molecule has 29 heavy (non-hydrogen) atoms. The van der Waals surface area contributed by atoms with Crippen molar-refractivity contribution < 1.29 is 23.8 Å². The smallest absolute Gasteiger partial charge is 0.255 e. The van der Waals surface area contributed by atoms with Crippen molar-refractivity contribution >= 4 is 11.6 Å². The molecule has 152 valence electrons. The number of anilines is 1. The lowest BCUT2D eigenvalue weighted by molar-refractivity contribution is 0.102. The number of nitrogens with one attached hydrogen (secondary N) is 1. The van der Waals surface area contributed by atoms with Crippen molar-refractivity contribution in [1.82, 2.24) is 0 Å². The predicted molar refractivity (Wildman–Crippen MR) is 111 cm³/mol. The van der Waals surface area contributed by atoms with Crippen molar-refractivity contribution in [2.45, 2.75) is 33.0 Å². The van der Waals surface area contributed by atoms with Gasteiger partial charge in [0, 0.05) is 11.1 Å². The molecule has 0 unspecified atom stereocenters. The molecule has 3 rings (SSSR count). The zero-order valence-electron chi connectivity index (χ0n) is 16.8. The zero-order chi connectivity index (χ0) is 20.8. The normalized spacial score (nSPS) is 11.7. The van der Waals surface area contributed by atoms with Crippen molar-refractivity contribution in [3.8, 4) is 22.8 Å². The van der Waals surface area contributed by atoms with Gasteiger partial charge in [-0.25, -0.2) is 0 Å². The van der Waals surface area contributed by atoms with E-state index in [0.717, 1.165) is 17.7 Å². The molecule has 0 saturated heterocycles. The van der Waals surface area contributed by atoms with E-state index in [9.17, 15) is 9.90 Å². The fraction of sp³-hybridized carbons (Fsp3) is 0.261. The number of amides is 1. The van der Waals surface area contributed by atoms with Crippen LogP contribution in [0.1, 0.15) is 36.4 Å². The summed E-state index contributed by atoms with van der Waals surface area (Å²) in [5, 5.41) is 12.1. The first-order chi connectivity index (χ1) is 14.0. The quantitative estimate of drug-likeness (QED) is 0.568. The SMILES string of the molecule is CC[C@H](C)Oc1ccc(C(=O)Nc2cc(-c3ccc(CO)o3)ccc2OC)cc1. The number of methoxy groups -OCH3 is 1. The summed E-state index contributed by atoms with van der Waals surface area (Å²) >= 11 is 0. The molecule has 0 aliphatic heterocycles. The Balaban J connectivity index is 1.79. The monoisotopic (exact) mass is 395 g/mol. The van der Waals surface area contributed by atoms with E-state index in [1.165, 1.54) is 0 Å². The molecule has 1 amide bonds. The second-order valence-corrected chi connectivity index (χ2v) is 6.65. The Morgan fingerprint density at radius 1 is 1.14 bits per heavy atom. The van der Waals surface area contributed by atoms with Crippen LogP contribution in [0.15, 0.2) is 59.0 Å². The highest BCUT2D eigenvalue weighted by Crippen LogP contribution is 2.32. The fourth-order valence-corrected chi connectivity index (χ4v) is 2.77. The second-order valence-electron chi connectivity index (χ2n) is 6.65. The summed E-state index contributed by atoms with van der Waals surface area (Å²) in [7, 11) is 1.54. The highest BCUT2D eigenvalue weighted by Gasteiger charge is 2.13. The molecule has 2 aromatic carbocycles. The summed E-state index contributed by atoms with van der Waals surface area (Å²) < 4.78 is 16.7. The van der Waals surface area contributed by atoms with Gasteiger partial charge in [-0.2, -0.15) is 0 Å². The average molecular weight is 395 g/mol. The lowest BCUT2D eigenvalue weighted by atomic mass is 10.1. The Kier molecular flexibility index (Phi) is 6.57. The van der Waals surface area contributed by atoms with E-state index in [4.69, 9.17) is 13.9 Å². The maximum absolute atomic E-state index is 12.7. The third kappa shape index (κ3) is 4.97. The number of hydrogen-bond acceptors (Lipinski definition) is 5. The van der Waals surface area contributed by atoms with E-state index < -0.39 is 0 Å². The number of aliphatic hydroxyl groups is 1. The maximum atomic E-state index is 12.7. The van der Waals surface area contributed by atoms with Crippen LogP contribution in [-0.4, -0.2) is 24.2 Å². The number of rotatable bonds is 8. The number of furan rings is 1. The standard InChI is InChI=1S/C23H25NO5/c1-4-15(2)28-18-8-5-16(6-9-18)23(26)24-20-13-17(7-11-22(20)27-3)21-12-10-19(14-25)29-21/h5-13,15,25H,4,14H2,1-3H3,(H,24,26)/t15-/m0/s1. The first-order valence-corrected chi connectivity index (χ1v) is 9.50. The molecule has 3 aromatic rings. The largest absolute Gasteiger partial charge is 0.495 e. The van der Waals surface area contributed by atoms with Gasteiger partial charge in [-0.05, 0) is 67.9 Å². The summed E-state index contributed by atoms with van der Waals surface area (Å²) in [6, 6.07) is 15.9. The van der Waals surface area contributed by atoms with E-state index in [2.05, 4.69) is 12.2 Å². The Labute approximate surface area is 170 Å². The van der Waals surface area contributed by atoms with Gasteiger partial charge in [-0.15, -0.1) is 0 Å². The minimum Gasteiger partial charge on any atom is -0.495 e. The molecule has 0 saturated carbocycles. The summed E-state index contributed by atoms with van der Waals surface area (Å²) in [5.74, 6) is 2.08. The average Bonchev–Trinajstić information content (AvgIpc) is 3.23. The molecule has 1 atom stereocenters. The molecule has 1 heterocycles. The highest BCUT2D eigenvalue weighted by atomic mass is 16.5. The van der Waals surface area contributed by atoms with Crippen LogP contribution in [0.4, 0.5) is 5.69 Å². The van der Waals surface area contributed by atoms with E-state index in [0.29, 0.717) is 28.5 Å². The summed E-state index contributed by atoms with van der Waals surface area (Å²) in [6.07, 6.45) is 1.03. The van der Waals surface area contributed by atoms with Gasteiger partial charge in [0.15, 0.2) is 0 Å². The van der Waals surface area contributed by atoms with Gasteiger partial charge < -0.3 is 24.3 Å². The van der Waals surface area contributed by atoms with Crippen LogP contribution in [0.5, 0.6) is 11.5 Å². The number of aliphatic hydroxyl groups excluding tert-OH is 1. The van der Waals surface area contributed by atoms with Crippen LogP contribution in [-0.2, 0) is 6.61 Å². The maximum Gasteiger partial charge on any atom is 0.255 e. The summed E-state index contributed by atoms with van der Waals surface area (Å²) in [4.78, 5) is 12.7. The van der Waals surface area contributed by atoms with Gasteiger partial charge in [-0.3, -0.25) is 4.79 Å². The third-order valence-electron chi connectivity index (χ3n) is 4.58. The van der Waals surface area contributed by atoms with Crippen molar-refractivity contribution in [3.63, 3.8) is 0 Å². The van der Waals surface area contributed by atoms with Crippen LogP contribution >= 0.6 is 0 Å². The van der Waals surface area contributed by atoms with Crippen molar-refractivity contribution in [3.05, 3.63) is 65.9 Å². The molecule has 0 aliphatic rings. The number of ether oxygens (including phenoxy) is 2. The first kappa shape index (κ1) is 20.5. The molecule has 6 heteroatoms.